The van der Waals surface area contributed by atoms with E-state index in [4.69, 9.17) is 0 Å². The maximum Gasteiger partial charge on any atom is 0.122 e. The van der Waals surface area contributed by atoms with E-state index in [1.54, 1.807) is 0 Å². The maximum absolute atomic E-state index is 10.3. The summed E-state index contributed by atoms with van der Waals surface area (Å²) in [5.41, 5.74) is 3.39. The molecule has 126 valence electrons. The highest BCUT2D eigenvalue weighted by atomic mass is 16.3. The molecule has 0 radical (unpaired) electrons. The fraction of sp³-hybridized carbons (Fsp3) is 0.700. The predicted molar refractivity (Wildman–Crippen MR) is 94.9 cm³/mol. The molecule has 1 aromatic rings. The van der Waals surface area contributed by atoms with Gasteiger partial charge in [-0.2, -0.15) is 0 Å². The van der Waals surface area contributed by atoms with E-state index in [-0.39, 0.29) is 0 Å². The zero-order valence-electron chi connectivity index (χ0n) is 15.0. The standard InChI is InChI=1S/C20H34O2/c1-5-6-7-8-9-10-11-12-13-14-18-17(4)19(21)15(2)16(3)20(18)22/h21-22H,5-14H2,1-4H3. The first kappa shape index (κ1) is 18.9. The predicted octanol–water partition coefficient (Wildman–Crippen LogP) is 6.10. The van der Waals surface area contributed by atoms with Crippen molar-refractivity contribution in [2.45, 2.75) is 91.9 Å². The highest BCUT2D eigenvalue weighted by Crippen LogP contribution is 2.36. The molecule has 0 saturated carbocycles. The Hall–Kier alpha value is -1.18. The molecule has 2 nitrogen and oxygen atoms in total. The molecular formula is C20H34O2. The maximum atomic E-state index is 10.3. The van der Waals surface area contributed by atoms with Crippen LogP contribution >= 0.6 is 0 Å². The molecule has 0 saturated heterocycles. The van der Waals surface area contributed by atoms with Crippen LogP contribution in [0.5, 0.6) is 11.5 Å². The molecule has 0 unspecified atom stereocenters. The lowest BCUT2D eigenvalue weighted by Crippen LogP contribution is -1.97. The molecule has 2 N–H and O–H groups in total. The Labute approximate surface area is 136 Å². The zero-order chi connectivity index (χ0) is 16.5. The molecule has 0 atom stereocenters. The summed E-state index contributed by atoms with van der Waals surface area (Å²) in [6.07, 6.45) is 12.6. The summed E-state index contributed by atoms with van der Waals surface area (Å²) in [6.45, 7) is 7.90. The Balaban J connectivity index is 2.34. The second-order valence-corrected chi connectivity index (χ2v) is 6.63. The van der Waals surface area contributed by atoms with E-state index in [0.717, 1.165) is 35.1 Å². The molecule has 1 aromatic carbocycles. The molecular weight excluding hydrogens is 272 g/mol. The topological polar surface area (TPSA) is 40.5 Å². The van der Waals surface area contributed by atoms with Gasteiger partial charge in [0.05, 0.1) is 0 Å². The quantitative estimate of drug-likeness (QED) is 0.405. The molecule has 0 amide bonds. The lowest BCUT2D eigenvalue weighted by atomic mass is 9.94. The van der Waals surface area contributed by atoms with E-state index < -0.39 is 0 Å². The molecule has 0 aromatic heterocycles. The molecule has 0 aliphatic carbocycles. The van der Waals surface area contributed by atoms with Crippen molar-refractivity contribution in [1.29, 1.82) is 0 Å². The molecule has 0 fully saturated rings. The molecule has 0 spiro atoms. The second-order valence-electron chi connectivity index (χ2n) is 6.63. The number of hydrogen-bond donors (Lipinski definition) is 2. The van der Waals surface area contributed by atoms with Gasteiger partial charge in [0.25, 0.3) is 0 Å². The Kier molecular flexibility index (Phi) is 8.37. The minimum atomic E-state index is 0.348. The molecule has 0 bridgehead atoms. The van der Waals surface area contributed by atoms with E-state index in [1.165, 1.54) is 51.4 Å². The molecule has 0 aliphatic rings. The van der Waals surface area contributed by atoms with Crippen LogP contribution in [0.15, 0.2) is 0 Å². The fourth-order valence-corrected chi connectivity index (χ4v) is 3.10. The molecule has 1 rings (SSSR count). The number of unbranched alkanes of at least 4 members (excludes halogenated alkanes) is 8. The van der Waals surface area contributed by atoms with E-state index in [2.05, 4.69) is 6.92 Å². The third-order valence-electron chi connectivity index (χ3n) is 4.90. The summed E-state index contributed by atoms with van der Waals surface area (Å²) in [6, 6.07) is 0. The van der Waals surface area contributed by atoms with E-state index >= 15 is 0 Å². The Morgan fingerprint density at radius 2 is 1.05 bits per heavy atom. The summed E-state index contributed by atoms with van der Waals surface area (Å²) < 4.78 is 0. The van der Waals surface area contributed by atoms with Gasteiger partial charge in [0.15, 0.2) is 0 Å². The van der Waals surface area contributed by atoms with Gasteiger partial charge in [0.2, 0.25) is 0 Å². The van der Waals surface area contributed by atoms with Crippen LogP contribution in [0.4, 0.5) is 0 Å². The molecule has 22 heavy (non-hydrogen) atoms. The summed E-state index contributed by atoms with van der Waals surface area (Å²) in [4.78, 5) is 0. The Morgan fingerprint density at radius 3 is 1.59 bits per heavy atom. The van der Waals surface area contributed by atoms with Crippen molar-refractivity contribution >= 4 is 0 Å². The number of phenolic OH excluding ortho intramolecular Hbond substituents is 2. The summed E-state index contributed by atoms with van der Waals surface area (Å²) >= 11 is 0. The minimum Gasteiger partial charge on any atom is -0.507 e. The zero-order valence-corrected chi connectivity index (χ0v) is 15.0. The first-order valence-electron chi connectivity index (χ1n) is 9.01. The van der Waals surface area contributed by atoms with Gasteiger partial charge in [0, 0.05) is 5.56 Å². The third-order valence-corrected chi connectivity index (χ3v) is 4.90. The highest BCUT2D eigenvalue weighted by molar-refractivity contribution is 5.56. The number of benzene rings is 1. The van der Waals surface area contributed by atoms with Gasteiger partial charge in [-0.05, 0) is 50.3 Å². The van der Waals surface area contributed by atoms with Crippen LogP contribution in [0.1, 0.15) is 87.0 Å². The largest absolute Gasteiger partial charge is 0.507 e. The van der Waals surface area contributed by atoms with Crippen molar-refractivity contribution < 1.29 is 10.2 Å². The average Bonchev–Trinajstić information content (AvgIpc) is 2.52. The summed E-state index contributed by atoms with van der Waals surface area (Å²) in [5, 5.41) is 20.4. The first-order valence-corrected chi connectivity index (χ1v) is 9.01. The number of rotatable bonds is 10. The normalized spacial score (nSPS) is 11.1. The fourth-order valence-electron chi connectivity index (χ4n) is 3.10. The molecule has 0 heterocycles. The lowest BCUT2D eigenvalue weighted by molar-refractivity contribution is 0.441. The summed E-state index contributed by atoms with van der Waals surface area (Å²) in [5.74, 6) is 0.730. The van der Waals surface area contributed by atoms with Gasteiger partial charge < -0.3 is 10.2 Å². The van der Waals surface area contributed by atoms with Crippen LogP contribution in [-0.2, 0) is 6.42 Å². The lowest BCUT2D eigenvalue weighted by Gasteiger charge is -2.15. The highest BCUT2D eigenvalue weighted by Gasteiger charge is 2.15. The number of aromatic hydroxyl groups is 2. The van der Waals surface area contributed by atoms with Crippen molar-refractivity contribution in [3.05, 3.63) is 22.3 Å². The van der Waals surface area contributed by atoms with Gasteiger partial charge in [-0.25, -0.2) is 0 Å². The van der Waals surface area contributed by atoms with Gasteiger partial charge in [-0.15, -0.1) is 0 Å². The van der Waals surface area contributed by atoms with Crippen LogP contribution < -0.4 is 0 Å². The SMILES string of the molecule is CCCCCCCCCCCc1c(C)c(O)c(C)c(C)c1O. The van der Waals surface area contributed by atoms with Crippen LogP contribution in [0.2, 0.25) is 0 Å². The Morgan fingerprint density at radius 1 is 0.591 bits per heavy atom. The smallest absolute Gasteiger partial charge is 0.122 e. The molecule has 0 aliphatic heterocycles. The Bertz CT molecular complexity index is 434. The third kappa shape index (κ3) is 5.23. The number of hydrogen-bond acceptors (Lipinski definition) is 2. The van der Waals surface area contributed by atoms with Crippen molar-refractivity contribution in [3.8, 4) is 11.5 Å². The van der Waals surface area contributed by atoms with Gasteiger partial charge in [-0.3, -0.25) is 0 Å². The average molecular weight is 306 g/mol. The van der Waals surface area contributed by atoms with Crippen LogP contribution in [0, 0.1) is 20.8 Å². The van der Waals surface area contributed by atoms with Crippen LogP contribution in [0.3, 0.4) is 0 Å². The van der Waals surface area contributed by atoms with Gasteiger partial charge in [-0.1, -0.05) is 58.3 Å². The molecule has 2 heteroatoms. The van der Waals surface area contributed by atoms with Crippen molar-refractivity contribution in [1.82, 2.24) is 0 Å². The van der Waals surface area contributed by atoms with Crippen LogP contribution in [0.25, 0.3) is 0 Å². The van der Waals surface area contributed by atoms with E-state index in [9.17, 15) is 10.2 Å². The second kappa shape index (κ2) is 9.76. The summed E-state index contributed by atoms with van der Waals surface area (Å²) in [7, 11) is 0. The van der Waals surface area contributed by atoms with Gasteiger partial charge in [0.1, 0.15) is 11.5 Å². The van der Waals surface area contributed by atoms with Gasteiger partial charge >= 0.3 is 0 Å². The number of phenols is 2. The van der Waals surface area contributed by atoms with Crippen molar-refractivity contribution in [2.24, 2.45) is 0 Å². The first-order chi connectivity index (χ1) is 10.5. The van der Waals surface area contributed by atoms with Crippen molar-refractivity contribution in [3.63, 3.8) is 0 Å². The monoisotopic (exact) mass is 306 g/mol. The van der Waals surface area contributed by atoms with Crippen LogP contribution in [-0.4, -0.2) is 10.2 Å². The van der Waals surface area contributed by atoms with Crippen molar-refractivity contribution in [2.75, 3.05) is 0 Å². The van der Waals surface area contributed by atoms with E-state index in [0.29, 0.717) is 11.5 Å². The van der Waals surface area contributed by atoms with E-state index in [1.807, 2.05) is 20.8 Å². The minimum absolute atomic E-state index is 0.348.